The van der Waals surface area contributed by atoms with E-state index in [2.05, 4.69) is 0 Å². The van der Waals surface area contributed by atoms with Gasteiger partial charge < -0.3 is 4.74 Å². The molecule has 0 aromatic heterocycles. The predicted octanol–water partition coefficient (Wildman–Crippen LogP) is 3.96. The predicted molar refractivity (Wildman–Crippen MR) is 76.8 cm³/mol. The van der Waals surface area contributed by atoms with E-state index >= 15 is 0 Å². The lowest BCUT2D eigenvalue weighted by atomic mass is 10.0. The topological polar surface area (TPSA) is 26.3 Å². The summed E-state index contributed by atoms with van der Waals surface area (Å²) in [5.74, 6) is 0.551. The summed E-state index contributed by atoms with van der Waals surface area (Å²) in [6.07, 6.45) is 1.08. The highest BCUT2D eigenvalue weighted by Gasteiger charge is 2.08. The average molecular weight is 272 g/mol. The van der Waals surface area contributed by atoms with Gasteiger partial charge in [-0.1, -0.05) is 12.1 Å². The van der Waals surface area contributed by atoms with Crippen molar-refractivity contribution in [2.75, 3.05) is 7.11 Å². The van der Waals surface area contributed by atoms with Crippen molar-refractivity contribution in [3.8, 4) is 5.75 Å². The van der Waals surface area contributed by atoms with Crippen molar-refractivity contribution < 1.29 is 13.9 Å². The molecular weight excluding hydrogens is 255 g/mol. The van der Waals surface area contributed by atoms with Crippen molar-refractivity contribution in [3.63, 3.8) is 0 Å². The Morgan fingerprint density at radius 1 is 1.15 bits per heavy atom. The molecule has 0 atom stereocenters. The minimum Gasteiger partial charge on any atom is -0.497 e. The molecule has 0 saturated heterocycles. The van der Waals surface area contributed by atoms with Gasteiger partial charge in [0.1, 0.15) is 11.6 Å². The van der Waals surface area contributed by atoms with Crippen molar-refractivity contribution in [1.82, 2.24) is 0 Å². The van der Waals surface area contributed by atoms with Crippen LogP contribution in [0.15, 0.2) is 42.5 Å². The first kappa shape index (κ1) is 14.3. The fourth-order valence-corrected chi connectivity index (χ4v) is 2.01. The normalized spacial score (nSPS) is 10.3. The summed E-state index contributed by atoms with van der Waals surface area (Å²) < 4.78 is 18.2. The summed E-state index contributed by atoms with van der Waals surface area (Å²) in [5.41, 5.74) is 2.15. The maximum atomic E-state index is 13.2. The smallest absolute Gasteiger partial charge is 0.163 e. The number of carbonyl (C=O) groups excluding carboxylic acids is 1. The van der Waals surface area contributed by atoms with Crippen LogP contribution in [0, 0.1) is 12.7 Å². The Bertz CT molecular complexity index is 603. The third-order valence-corrected chi connectivity index (χ3v) is 3.28. The third-order valence-electron chi connectivity index (χ3n) is 3.28. The van der Waals surface area contributed by atoms with E-state index in [1.165, 1.54) is 6.07 Å². The van der Waals surface area contributed by atoms with Crippen LogP contribution in [-0.2, 0) is 6.42 Å². The fourth-order valence-electron chi connectivity index (χ4n) is 2.01. The Morgan fingerprint density at radius 3 is 2.45 bits per heavy atom. The van der Waals surface area contributed by atoms with E-state index in [9.17, 15) is 9.18 Å². The fraction of sp³-hybridized carbons (Fsp3) is 0.235. The molecule has 0 spiro atoms. The van der Waals surface area contributed by atoms with E-state index in [0.717, 1.165) is 11.3 Å². The summed E-state index contributed by atoms with van der Waals surface area (Å²) in [7, 11) is 1.62. The van der Waals surface area contributed by atoms with Gasteiger partial charge in [-0.3, -0.25) is 4.79 Å². The van der Waals surface area contributed by atoms with Crippen LogP contribution in [0.1, 0.15) is 27.9 Å². The summed E-state index contributed by atoms with van der Waals surface area (Å²) in [4.78, 5) is 12.1. The second kappa shape index (κ2) is 6.33. The minimum atomic E-state index is -0.281. The van der Waals surface area contributed by atoms with Crippen molar-refractivity contribution in [2.45, 2.75) is 19.8 Å². The van der Waals surface area contributed by atoms with Gasteiger partial charge in [0.05, 0.1) is 7.11 Å². The Kier molecular flexibility index (Phi) is 4.51. The van der Waals surface area contributed by atoms with Gasteiger partial charge in [-0.2, -0.15) is 0 Å². The lowest BCUT2D eigenvalue weighted by Gasteiger charge is -2.05. The average Bonchev–Trinajstić information content (AvgIpc) is 2.48. The van der Waals surface area contributed by atoms with Crippen LogP contribution >= 0.6 is 0 Å². The van der Waals surface area contributed by atoms with E-state index in [4.69, 9.17) is 4.74 Å². The molecule has 0 N–H and O–H groups in total. The van der Waals surface area contributed by atoms with Crippen molar-refractivity contribution in [2.24, 2.45) is 0 Å². The highest BCUT2D eigenvalue weighted by atomic mass is 19.1. The van der Waals surface area contributed by atoms with Crippen LogP contribution in [0.3, 0.4) is 0 Å². The Balaban J connectivity index is 1.98. The van der Waals surface area contributed by atoms with Crippen LogP contribution in [0.2, 0.25) is 0 Å². The van der Waals surface area contributed by atoms with Crippen LogP contribution in [0.4, 0.5) is 4.39 Å². The number of ketones is 1. The van der Waals surface area contributed by atoms with Crippen molar-refractivity contribution >= 4 is 5.78 Å². The lowest BCUT2D eigenvalue weighted by molar-refractivity contribution is 0.0982. The Morgan fingerprint density at radius 2 is 1.85 bits per heavy atom. The number of ether oxygens (including phenoxy) is 1. The number of Topliss-reactive ketones (excluding diaryl/α,β-unsaturated/α-hetero) is 1. The molecule has 2 aromatic carbocycles. The number of carbonyl (C=O) groups is 1. The number of hydrogen-bond acceptors (Lipinski definition) is 2. The molecule has 0 bridgehead atoms. The Labute approximate surface area is 118 Å². The highest BCUT2D eigenvalue weighted by Crippen LogP contribution is 2.15. The number of benzene rings is 2. The van der Waals surface area contributed by atoms with Gasteiger partial charge in [0.25, 0.3) is 0 Å². The monoisotopic (exact) mass is 272 g/mol. The second-order valence-corrected chi connectivity index (χ2v) is 4.74. The quantitative estimate of drug-likeness (QED) is 0.770. The SMILES string of the molecule is COc1ccc(CCC(=O)c2ccc(F)c(C)c2)cc1. The van der Waals surface area contributed by atoms with E-state index in [1.807, 2.05) is 24.3 Å². The molecule has 0 aliphatic heterocycles. The van der Waals surface area contributed by atoms with E-state index < -0.39 is 0 Å². The molecule has 0 aliphatic rings. The van der Waals surface area contributed by atoms with Gasteiger partial charge in [0.2, 0.25) is 0 Å². The van der Waals surface area contributed by atoms with Crippen LogP contribution in [-0.4, -0.2) is 12.9 Å². The second-order valence-electron chi connectivity index (χ2n) is 4.74. The maximum absolute atomic E-state index is 13.2. The zero-order valence-electron chi connectivity index (χ0n) is 11.7. The summed E-state index contributed by atoms with van der Waals surface area (Å²) in [6, 6.07) is 12.1. The molecule has 2 nitrogen and oxygen atoms in total. The van der Waals surface area contributed by atoms with Crippen LogP contribution in [0.25, 0.3) is 0 Å². The first-order valence-corrected chi connectivity index (χ1v) is 6.52. The van der Waals surface area contributed by atoms with Gasteiger partial charge in [-0.25, -0.2) is 4.39 Å². The molecule has 3 heteroatoms. The summed E-state index contributed by atoms with van der Waals surface area (Å²) >= 11 is 0. The molecule has 0 unspecified atom stereocenters. The van der Waals surface area contributed by atoms with Gasteiger partial charge in [-0.05, 0) is 54.8 Å². The van der Waals surface area contributed by atoms with E-state index in [0.29, 0.717) is 24.0 Å². The molecule has 0 radical (unpaired) electrons. The zero-order valence-corrected chi connectivity index (χ0v) is 11.7. The molecule has 0 heterocycles. The van der Waals surface area contributed by atoms with Gasteiger partial charge in [0.15, 0.2) is 5.78 Å². The van der Waals surface area contributed by atoms with Crippen molar-refractivity contribution in [1.29, 1.82) is 0 Å². The number of methoxy groups -OCH3 is 1. The summed E-state index contributed by atoms with van der Waals surface area (Å²) in [5, 5.41) is 0. The number of hydrogen-bond donors (Lipinski definition) is 0. The van der Waals surface area contributed by atoms with Gasteiger partial charge >= 0.3 is 0 Å². The van der Waals surface area contributed by atoms with Crippen LogP contribution in [0.5, 0.6) is 5.75 Å². The molecular formula is C17H17FO2. The highest BCUT2D eigenvalue weighted by molar-refractivity contribution is 5.96. The lowest BCUT2D eigenvalue weighted by Crippen LogP contribution is -2.02. The molecule has 104 valence electrons. The number of halogens is 1. The first-order chi connectivity index (χ1) is 9.60. The number of rotatable bonds is 5. The maximum Gasteiger partial charge on any atom is 0.163 e. The van der Waals surface area contributed by atoms with Crippen LogP contribution < -0.4 is 4.74 Å². The Hall–Kier alpha value is -2.16. The molecule has 20 heavy (non-hydrogen) atoms. The standard InChI is InChI=1S/C17H17FO2/c1-12-11-14(6-9-16(12)18)17(19)10-5-13-3-7-15(20-2)8-4-13/h3-4,6-9,11H,5,10H2,1-2H3. The molecule has 0 amide bonds. The van der Waals surface area contributed by atoms with Crippen molar-refractivity contribution in [3.05, 3.63) is 65.0 Å². The largest absolute Gasteiger partial charge is 0.497 e. The third kappa shape index (κ3) is 3.44. The van der Waals surface area contributed by atoms with E-state index in [-0.39, 0.29) is 11.6 Å². The molecule has 2 aromatic rings. The molecule has 0 aliphatic carbocycles. The van der Waals surface area contributed by atoms with E-state index in [1.54, 1.807) is 26.2 Å². The minimum absolute atomic E-state index is 0.0314. The molecule has 0 saturated carbocycles. The van der Waals surface area contributed by atoms with Gasteiger partial charge in [-0.15, -0.1) is 0 Å². The molecule has 0 fully saturated rings. The zero-order chi connectivity index (χ0) is 14.5. The molecule has 2 rings (SSSR count). The first-order valence-electron chi connectivity index (χ1n) is 6.52. The summed E-state index contributed by atoms with van der Waals surface area (Å²) in [6.45, 7) is 1.66. The van der Waals surface area contributed by atoms with Gasteiger partial charge in [0, 0.05) is 12.0 Å². The number of aryl methyl sites for hydroxylation is 2.